The molecule has 3 aliphatic rings. The summed E-state index contributed by atoms with van der Waals surface area (Å²) < 4.78 is 15.6. The summed E-state index contributed by atoms with van der Waals surface area (Å²) >= 11 is 0. The maximum Gasteiger partial charge on any atom is 0.254 e. The van der Waals surface area contributed by atoms with Crippen LogP contribution < -0.4 is 15.8 Å². The van der Waals surface area contributed by atoms with Gasteiger partial charge < -0.3 is 30.0 Å². The number of pyridine rings is 2. The quantitative estimate of drug-likeness (QED) is 0.362. The van der Waals surface area contributed by atoms with Crippen molar-refractivity contribution in [2.45, 2.75) is 89.5 Å². The molecule has 0 aliphatic carbocycles. The summed E-state index contributed by atoms with van der Waals surface area (Å²) in [5.74, 6) is 0.422. The van der Waals surface area contributed by atoms with Crippen molar-refractivity contribution in [2.75, 3.05) is 20.3 Å². The highest BCUT2D eigenvalue weighted by atomic mass is 16.5. The fourth-order valence-corrected chi connectivity index (χ4v) is 7.45. The van der Waals surface area contributed by atoms with Crippen molar-refractivity contribution < 1.29 is 19.1 Å². The zero-order valence-corrected chi connectivity index (χ0v) is 25.7. The molecule has 2 amide bonds. The number of aryl methyl sites for hydroxylation is 2. The summed E-state index contributed by atoms with van der Waals surface area (Å²) in [4.78, 5) is 38.4. The van der Waals surface area contributed by atoms with Crippen LogP contribution in [0.3, 0.4) is 0 Å². The standard InChI is InChI=1S/C33H41N7O4/c1-19-25-10-8-21-14-27(38(32(21)36-25)12-6-4-5-7-13-44-18-29(41)35-19)31-20(2)39-28(37-31)15-22(16-30(39)43-3)33(42)40-23-9-11-26(40)24(34)17-23/h8,10,14-16,19,23-24,26H,4-7,9,11-13,17-18,34H2,1-3H3,(H,35,41)/t19-,23+,24-,26-/m1/s1. The van der Waals surface area contributed by atoms with E-state index in [9.17, 15) is 9.59 Å². The number of fused-ring (bicyclic) bond motifs is 4. The normalized spacial score (nSPS) is 24.5. The maximum atomic E-state index is 13.8. The molecule has 0 spiro atoms. The summed E-state index contributed by atoms with van der Waals surface area (Å²) in [5, 5.41) is 4.02. The number of nitrogens with two attached hydrogens (primary N) is 1. The SMILES string of the molecule is COc1cc(C(=O)N2[C@H]3CC[C@@H]2[C@H](N)C3)cc2nc(-c3cc4ccc5nc4n3CCCCCCOCC(=O)N[C@@H]5C)c(C)n12. The fraction of sp³-hybridized carbons (Fsp3) is 0.515. The van der Waals surface area contributed by atoms with Crippen molar-refractivity contribution in [3.8, 4) is 17.3 Å². The molecule has 0 saturated carbocycles. The van der Waals surface area contributed by atoms with Gasteiger partial charge in [-0.1, -0.05) is 12.8 Å². The van der Waals surface area contributed by atoms with Gasteiger partial charge in [0.15, 0.2) is 5.88 Å². The van der Waals surface area contributed by atoms with E-state index in [4.69, 9.17) is 25.2 Å². The third-order valence-corrected chi connectivity index (χ3v) is 9.68. The van der Waals surface area contributed by atoms with Crippen LogP contribution in [0, 0.1) is 6.92 Å². The van der Waals surface area contributed by atoms with E-state index in [-0.39, 0.29) is 42.6 Å². The Bertz CT molecular complexity index is 1740. The Morgan fingerprint density at radius 3 is 2.73 bits per heavy atom. The molecule has 2 saturated heterocycles. The number of nitrogens with zero attached hydrogens (tertiary/aromatic N) is 5. The Morgan fingerprint density at radius 1 is 1.11 bits per heavy atom. The number of carbonyl (C=O) groups excluding carboxylic acids is 2. The zero-order valence-electron chi connectivity index (χ0n) is 25.7. The minimum Gasteiger partial charge on any atom is -0.482 e. The average Bonchev–Trinajstić information content (AvgIpc) is 3.76. The van der Waals surface area contributed by atoms with E-state index in [1.807, 2.05) is 41.3 Å². The van der Waals surface area contributed by atoms with E-state index in [2.05, 4.69) is 22.0 Å². The predicted octanol–water partition coefficient (Wildman–Crippen LogP) is 4.14. The van der Waals surface area contributed by atoms with Gasteiger partial charge in [-0.3, -0.25) is 14.0 Å². The first-order valence-corrected chi connectivity index (χ1v) is 15.9. The zero-order chi connectivity index (χ0) is 30.5. The first kappa shape index (κ1) is 28.8. The molecule has 232 valence electrons. The Hall–Kier alpha value is -3.96. The first-order valence-electron chi connectivity index (χ1n) is 15.9. The van der Waals surface area contributed by atoms with Crippen molar-refractivity contribution in [3.05, 3.63) is 47.3 Å². The summed E-state index contributed by atoms with van der Waals surface area (Å²) in [6.45, 7) is 5.39. The lowest BCUT2D eigenvalue weighted by atomic mass is 9.97. The van der Waals surface area contributed by atoms with Crippen LogP contribution in [0.15, 0.2) is 30.3 Å². The highest BCUT2D eigenvalue weighted by Crippen LogP contribution is 2.39. The van der Waals surface area contributed by atoms with Crippen LogP contribution in [0.25, 0.3) is 28.1 Å². The summed E-state index contributed by atoms with van der Waals surface area (Å²) in [5.41, 5.74) is 12.0. The smallest absolute Gasteiger partial charge is 0.254 e. The fourth-order valence-electron chi connectivity index (χ4n) is 7.45. The van der Waals surface area contributed by atoms with Gasteiger partial charge in [-0.2, -0.15) is 0 Å². The summed E-state index contributed by atoms with van der Waals surface area (Å²) in [6.07, 6.45) is 6.79. The number of hydrogen-bond acceptors (Lipinski definition) is 7. The molecule has 0 aromatic carbocycles. The van der Waals surface area contributed by atoms with E-state index >= 15 is 0 Å². The van der Waals surface area contributed by atoms with Gasteiger partial charge in [-0.05, 0) is 70.2 Å². The van der Waals surface area contributed by atoms with E-state index in [0.29, 0.717) is 23.7 Å². The Balaban J connectivity index is 1.31. The molecule has 11 heteroatoms. The van der Waals surface area contributed by atoms with Gasteiger partial charge in [-0.15, -0.1) is 0 Å². The van der Waals surface area contributed by atoms with Gasteiger partial charge in [0.05, 0.1) is 30.2 Å². The largest absolute Gasteiger partial charge is 0.482 e. The van der Waals surface area contributed by atoms with Crippen LogP contribution >= 0.6 is 0 Å². The molecule has 44 heavy (non-hydrogen) atoms. The minimum absolute atomic E-state index is 0.00475. The third-order valence-electron chi connectivity index (χ3n) is 9.68. The van der Waals surface area contributed by atoms with Gasteiger partial charge in [0.1, 0.15) is 23.6 Å². The van der Waals surface area contributed by atoms with E-state index < -0.39 is 0 Å². The molecule has 3 N–H and O–H groups in total. The number of carbonyl (C=O) groups is 2. The molecular weight excluding hydrogens is 558 g/mol. The molecule has 3 aliphatic heterocycles. The van der Waals surface area contributed by atoms with E-state index in [1.54, 1.807) is 7.11 Å². The van der Waals surface area contributed by atoms with Crippen molar-refractivity contribution in [1.29, 1.82) is 0 Å². The van der Waals surface area contributed by atoms with E-state index in [1.165, 1.54) is 0 Å². The van der Waals surface area contributed by atoms with Gasteiger partial charge in [-0.25, -0.2) is 9.97 Å². The molecule has 4 atom stereocenters. The number of rotatable bonds is 3. The Labute approximate surface area is 256 Å². The van der Waals surface area contributed by atoms with Crippen LogP contribution in [0.5, 0.6) is 5.88 Å². The van der Waals surface area contributed by atoms with E-state index in [0.717, 1.165) is 85.3 Å². The topological polar surface area (TPSA) is 129 Å². The predicted molar refractivity (Wildman–Crippen MR) is 167 cm³/mol. The minimum atomic E-state index is -0.259. The molecule has 4 aromatic heterocycles. The second kappa shape index (κ2) is 11.5. The molecule has 4 bridgehead atoms. The maximum absolute atomic E-state index is 13.8. The molecular formula is C33H41N7O4. The van der Waals surface area contributed by atoms with Crippen LogP contribution in [-0.4, -0.2) is 74.1 Å². The molecule has 4 aromatic rings. The Morgan fingerprint density at radius 2 is 1.95 bits per heavy atom. The monoisotopic (exact) mass is 599 g/mol. The Kier molecular flexibility index (Phi) is 7.54. The number of methoxy groups -OCH3 is 1. The average molecular weight is 600 g/mol. The number of hydrogen-bond donors (Lipinski definition) is 2. The van der Waals surface area contributed by atoms with Crippen LogP contribution in [-0.2, 0) is 16.1 Å². The second-order valence-corrected chi connectivity index (χ2v) is 12.5. The second-order valence-electron chi connectivity index (χ2n) is 12.5. The van der Waals surface area contributed by atoms with Gasteiger partial charge in [0, 0.05) is 48.3 Å². The lowest BCUT2D eigenvalue weighted by Gasteiger charge is -2.23. The first-order chi connectivity index (χ1) is 21.3. The number of imidazole rings is 1. The van der Waals surface area contributed by atoms with Crippen molar-refractivity contribution in [2.24, 2.45) is 5.73 Å². The van der Waals surface area contributed by atoms with Crippen molar-refractivity contribution in [3.63, 3.8) is 0 Å². The highest BCUT2D eigenvalue weighted by Gasteiger charge is 2.47. The number of amides is 2. The lowest BCUT2D eigenvalue weighted by molar-refractivity contribution is -0.126. The van der Waals surface area contributed by atoms with Crippen LogP contribution in [0.2, 0.25) is 0 Å². The van der Waals surface area contributed by atoms with Gasteiger partial charge >= 0.3 is 0 Å². The van der Waals surface area contributed by atoms with Gasteiger partial charge in [0.2, 0.25) is 5.91 Å². The summed E-state index contributed by atoms with van der Waals surface area (Å²) in [6, 6.07) is 9.96. The number of ether oxygens (including phenoxy) is 2. The molecule has 0 unspecified atom stereocenters. The number of nitrogens with one attached hydrogen (secondary N) is 1. The van der Waals surface area contributed by atoms with Crippen LogP contribution in [0.1, 0.15) is 79.7 Å². The molecule has 7 rings (SSSR count). The van der Waals surface area contributed by atoms with Crippen LogP contribution in [0.4, 0.5) is 0 Å². The van der Waals surface area contributed by atoms with Crippen molar-refractivity contribution >= 4 is 28.5 Å². The van der Waals surface area contributed by atoms with Crippen molar-refractivity contribution in [1.82, 2.24) is 29.2 Å². The molecule has 11 nitrogen and oxygen atoms in total. The third kappa shape index (κ3) is 4.92. The number of aromatic nitrogens is 4. The summed E-state index contributed by atoms with van der Waals surface area (Å²) in [7, 11) is 1.63. The molecule has 0 radical (unpaired) electrons. The molecule has 2 fully saturated rings. The molecule has 7 heterocycles. The highest BCUT2D eigenvalue weighted by molar-refractivity contribution is 5.97. The lowest BCUT2D eigenvalue weighted by Crippen LogP contribution is -2.40. The van der Waals surface area contributed by atoms with Gasteiger partial charge in [0.25, 0.3) is 5.91 Å².